The zero-order valence-corrected chi connectivity index (χ0v) is 3.85. The van der Waals surface area contributed by atoms with Crippen LogP contribution in [0.1, 0.15) is 6.92 Å². The molecule has 3 nitrogen and oxygen atoms in total. The van der Waals surface area contributed by atoms with Crippen molar-refractivity contribution in [3.8, 4) is 0 Å². The summed E-state index contributed by atoms with van der Waals surface area (Å²) in [6.45, 7) is 1.34. The topological polar surface area (TPSA) is 52.3 Å². The van der Waals surface area contributed by atoms with Gasteiger partial charge in [-0.05, 0) is 6.92 Å². The summed E-state index contributed by atoms with van der Waals surface area (Å²) in [4.78, 5) is 12.5. The third-order valence-corrected chi connectivity index (χ3v) is 0.448. The smallest absolute Gasteiger partial charge is 0.319 e. The van der Waals surface area contributed by atoms with Crippen LogP contribution < -0.4 is 5.73 Å². The van der Waals surface area contributed by atoms with E-state index in [1.54, 1.807) is 0 Å². The average molecular weight is 107 g/mol. The van der Waals surface area contributed by atoms with E-state index in [4.69, 9.17) is 5.73 Å². The molecule has 0 bridgehead atoms. The first-order chi connectivity index (χ1) is 3.18. The van der Waals surface area contributed by atoms with Gasteiger partial charge in [0.1, 0.15) is 6.04 Å². The van der Waals surface area contributed by atoms with Gasteiger partial charge in [-0.15, -0.1) is 0 Å². The lowest BCUT2D eigenvalue weighted by Gasteiger charge is -1.93. The number of hydrogen-bond donors (Lipinski definition) is 1. The first kappa shape index (κ1) is 6.36. The maximum Gasteiger partial charge on any atom is 0.365 e. The minimum atomic E-state index is -1.04. The monoisotopic (exact) mass is 107 g/mol. The molecule has 0 aliphatic carbocycles. The van der Waals surface area contributed by atoms with Crippen LogP contribution in [0.15, 0.2) is 0 Å². The van der Waals surface area contributed by atoms with Gasteiger partial charge in [0.15, 0.2) is 0 Å². The van der Waals surface area contributed by atoms with Crippen LogP contribution in [0.2, 0.25) is 0 Å². The minimum Gasteiger partial charge on any atom is -0.319 e. The molecule has 2 N–H and O–H groups in total. The Labute approximate surface area is 40.2 Å². The molecule has 0 aromatic rings. The van der Waals surface area contributed by atoms with Crippen molar-refractivity contribution < 1.29 is 14.3 Å². The van der Waals surface area contributed by atoms with Crippen molar-refractivity contribution in [3.63, 3.8) is 0 Å². The molecular weight excluding hydrogens is 101 g/mol. The number of nitrogens with two attached hydrogens (primary N) is 1. The molecule has 0 saturated heterocycles. The van der Waals surface area contributed by atoms with Crippen LogP contribution >= 0.6 is 0 Å². The Bertz CT molecular complexity index is 73.3. The number of carbonyl (C=O) groups is 1. The van der Waals surface area contributed by atoms with Crippen molar-refractivity contribution in [1.29, 1.82) is 0 Å². The summed E-state index contributed by atoms with van der Waals surface area (Å²) in [6.07, 6.45) is 0. The van der Waals surface area contributed by atoms with Crippen LogP contribution in [0.25, 0.3) is 0 Å². The molecule has 0 fully saturated rings. The van der Waals surface area contributed by atoms with E-state index >= 15 is 0 Å². The first-order valence-corrected chi connectivity index (χ1v) is 1.76. The quantitative estimate of drug-likeness (QED) is 0.503. The van der Waals surface area contributed by atoms with E-state index < -0.39 is 12.0 Å². The van der Waals surface area contributed by atoms with E-state index in [-0.39, 0.29) is 0 Å². The highest BCUT2D eigenvalue weighted by Gasteiger charge is 2.07. The Balaban J connectivity index is 3.35. The third-order valence-electron chi connectivity index (χ3n) is 0.448. The van der Waals surface area contributed by atoms with Gasteiger partial charge in [0.25, 0.3) is 0 Å². The van der Waals surface area contributed by atoms with Crippen molar-refractivity contribution in [2.75, 3.05) is 0 Å². The molecular formula is C3H6FNO2. The van der Waals surface area contributed by atoms with Gasteiger partial charge in [0.2, 0.25) is 0 Å². The standard InChI is InChI=1S/C3H6FNO2/c1-2(5)3(6)7-4/h2H,5H2,1H3/t2-/m0/s1. The molecule has 0 spiro atoms. The van der Waals surface area contributed by atoms with Gasteiger partial charge in [-0.3, -0.25) is 4.94 Å². The molecule has 0 heterocycles. The fourth-order valence-electron chi connectivity index (χ4n) is 0.0703. The van der Waals surface area contributed by atoms with Crippen molar-refractivity contribution >= 4 is 5.97 Å². The van der Waals surface area contributed by atoms with Crippen LogP contribution in [0, 0.1) is 0 Å². The Kier molecular flexibility index (Phi) is 2.29. The van der Waals surface area contributed by atoms with E-state index in [2.05, 4.69) is 4.94 Å². The molecule has 7 heavy (non-hydrogen) atoms. The van der Waals surface area contributed by atoms with Gasteiger partial charge in [-0.25, -0.2) is 4.79 Å². The van der Waals surface area contributed by atoms with Gasteiger partial charge < -0.3 is 5.73 Å². The second kappa shape index (κ2) is 2.52. The fourth-order valence-corrected chi connectivity index (χ4v) is 0.0703. The van der Waals surface area contributed by atoms with Crippen molar-refractivity contribution in [2.45, 2.75) is 13.0 Å². The Morgan fingerprint density at radius 3 is 2.43 bits per heavy atom. The molecule has 0 aromatic carbocycles. The number of hydrogen-bond acceptors (Lipinski definition) is 3. The highest BCUT2D eigenvalue weighted by atomic mass is 19.3. The maximum absolute atomic E-state index is 10.7. The molecule has 0 radical (unpaired) electrons. The molecule has 0 aromatic heterocycles. The van der Waals surface area contributed by atoms with Gasteiger partial charge >= 0.3 is 5.97 Å². The van der Waals surface area contributed by atoms with Crippen molar-refractivity contribution in [1.82, 2.24) is 0 Å². The molecule has 0 aliphatic heterocycles. The Morgan fingerprint density at radius 1 is 2.00 bits per heavy atom. The number of halogens is 1. The zero-order valence-electron chi connectivity index (χ0n) is 3.85. The molecule has 0 saturated carbocycles. The van der Waals surface area contributed by atoms with E-state index in [0.717, 1.165) is 0 Å². The largest absolute Gasteiger partial charge is 0.365 e. The van der Waals surface area contributed by atoms with Gasteiger partial charge in [-0.2, -0.15) is 0 Å². The summed E-state index contributed by atoms with van der Waals surface area (Å²) in [6, 6.07) is -0.870. The van der Waals surface area contributed by atoms with Crippen LogP contribution in [0.3, 0.4) is 0 Å². The lowest BCUT2D eigenvalue weighted by atomic mass is 10.4. The highest BCUT2D eigenvalue weighted by molar-refractivity contribution is 5.74. The molecule has 42 valence electrons. The minimum absolute atomic E-state index is 0.870. The van der Waals surface area contributed by atoms with Gasteiger partial charge in [-0.1, -0.05) is 0 Å². The third kappa shape index (κ3) is 2.11. The fraction of sp³-hybridized carbons (Fsp3) is 0.667. The summed E-state index contributed by atoms with van der Waals surface area (Å²) in [5, 5.41) is 0. The molecule has 0 rings (SSSR count). The first-order valence-electron chi connectivity index (χ1n) is 1.76. The van der Waals surface area contributed by atoms with Crippen LogP contribution in [-0.2, 0) is 9.74 Å². The summed E-state index contributed by atoms with van der Waals surface area (Å²) in [5.41, 5.74) is 4.83. The van der Waals surface area contributed by atoms with E-state index in [9.17, 15) is 9.32 Å². The van der Waals surface area contributed by atoms with Crippen LogP contribution in [0.5, 0.6) is 0 Å². The molecule has 4 heteroatoms. The summed E-state index contributed by atoms with van der Waals surface area (Å²) in [7, 11) is 0. The number of carbonyl (C=O) groups excluding carboxylic acids is 1. The predicted octanol–water partition coefficient (Wildman–Crippen LogP) is -0.239. The molecule has 0 amide bonds. The van der Waals surface area contributed by atoms with E-state index in [0.29, 0.717) is 0 Å². The van der Waals surface area contributed by atoms with Crippen LogP contribution in [-0.4, -0.2) is 12.0 Å². The second-order valence-electron chi connectivity index (χ2n) is 1.18. The number of rotatable bonds is 1. The predicted molar refractivity (Wildman–Crippen MR) is 20.8 cm³/mol. The molecule has 0 aliphatic rings. The van der Waals surface area contributed by atoms with Crippen molar-refractivity contribution in [2.24, 2.45) is 5.73 Å². The van der Waals surface area contributed by atoms with Crippen molar-refractivity contribution in [3.05, 3.63) is 0 Å². The van der Waals surface area contributed by atoms with Gasteiger partial charge in [0.05, 0.1) is 0 Å². The summed E-state index contributed by atoms with van der Waals surface area (Å²) < 4.78 is 10.7. The molecule has 1 atom stereocenters. The van der Waals surface area contributed by atoms with E-state index in [1.165, 1.54) is 6.92 Å². The second-order valence-corrected chi connectivity index (χ2v) is 1.18. The zero-order chi connectivity index (χ0) is 5.86. The van der Waals surface area contributed by atoms with Crippen LogP contribution in [0.4, 0.5) is 4.53 Å². The summed E-state index contributed by atoms with van der Waals surface area (Å²) >= 11 is 0. The normalized spacial score (nSPS) is 13.0. The summed E-state index contributed by atoms with van der Waals surface area (Å²) in [5.74, 6) is -1.04. The van der Waals surface area contributed by atoms with E-state index in [1.807, 2.05) is 0 Å². The lowest BCUT2D eigenvalue weighted by Crippen LogP contribution is -2.26. The highest BCUT2D eigenvalue weighted by Crippen LogP contribution is 1.81. The maximum atomic E-state index is 10.7. The Hall–Kier alpha value is -0.640. The van der Waals surface area contributed by atoms with Gasteiger partial charge in [0, 0.05) is 4.53 Å². The molecule has 0 unspecified atom stereocenters. The average Bonchev–Trinajstić information content (AvgIpc) is 1.65. The SMILES string of the molecule is C[C@H](N)C(=O)OF. The lowest BCUT2D eigenvalue weighted by molar-refractivity contribution is -0.184. The Morgan fingerprint density at radius 2 is 2.43 bits per heavy atom.